The molecule has 0 saturated heterocycles. The molecule has 0 atom stereocenters. The zero-order valence-electron chi connectivity index (χ0n) is 11.0. The van der Waals surface area contributed by atoms with Crippen LogP contribution in [-0.4, -0.2) is 17.4 Å². The number of thioether (sulfide) groups is 1. The normalized spacial score (nSPS) is 10.8. The molecule has 0 fully saturated rings. The first kappa shape index (κ1) is 16.5. The maximum absolute atomic E-state index is 11.8. The minimum absolute atomic E-state index is 0.107. The summed E-state index contributed by atoms with van der Waals surface area (Å²) in [7, 11) is 0. The number of nitrogens with two attached hydrogens (primary N) is 1. The lowest BCUT2D eigenvalue weighted by Gasteiger charge is -2.11. The zero-order chi connectivity index (χ0) is 14.4. The molecule has 0 heterocycles. The average molecular weight is 321 g/mol. The van der Waals surface area contributed by atoms with E-state index in [9.17, 15) is 4.79 Å². The first-order valence-electron chi connectivity index (χ1n) is 6.02. The number of amides is 1. The Balaban J connectivity index is 2.49. The van der Waals surface area contributed by atoms with Gasteiger partial charge in [0.25, 0.3) is 0 Å². The quantitative estimate of drug-likeness (QED) is 0.607. The molecule has 0 aliphatic carbocycles. The fourth-order valence-electron chi connectivity index (χ4n) is 1.38. The molecule has 0 aliphatic rings. The lowest BCUT2D eigenvalue weighted by molar-refractivity contribution is -0.113. The average Bonchev–Trinajstić information content (AvgIpc) is 2.29. The molecule has 0 aliphatic heterocycles. The summed E-state index contributed by atoms with van der Waals surface area (Å²) >= 11 is 13.4. The molecule has 1 aromatic carbocycles. The lowest BCUT2D eigenvalue weighted by Crippen LogP contribution is -2.16. The van der Waals surface area contributed by atoms with E-state index in [1.807, 2.05) is 0 Å². The predicted molar refractivity (Wildman–Crippen MR) is 86.3 cm³/mol. The van der Waals surface area contributed by atoms with E-state index in [1.54, 1.807) is 23.9 Å². The molecular weight excluding hydrogens is 303 g/mol. The zero-order valence-corrected chi connectivity index (χ0v) is 13.3. The molecular formula is C13H18Cl2N2OS. The van der Waals surface area contributed by atoms with E-state index in [0.717, 1.165) is 12.2 Å². The summed E-state index contributed by atoms with van der Waals surface area (Å²) in [5, 5.41) is 3.52. The van der Waals surface area contributed by atoms with Crippen LogP contribution in [0.1, 0.15) is 20.3 Å². The minimum Gasteiger partial charge on any atom is -0.397 e. The van der Waals surface area contributed by atoms with Crippen LogP contribution in [0.15, 0.2) is 12.1 Å². The number of hydrogen-bond donors (Lipinski definition) is 2. The fourth-order valence-corrected chi connectivity index (χ4v) is 2.98. The highest BCUT2D eigenvalue weighted by molar-refractivity contribution is 7.99. The number of carbonyl (C=O) groups is 1. The van der Waals surface area contributed by atoms with Gasteiger partial charge in [-0.3, -0.25) is 4.79 Å². The monoisotopic (exact) mass is 320 g/mol. The largest absolute Gasteiger partial charge is 0.397 e. The second kappa shape index (κ2) is 7.88. The summed E-state index contributed by atoms with van der Waals surface area (Å²) in [6.45, 7) is 4.32. The van der Waals surface area contributed by atoms with E-state index in [-0.39, 0.29) is 5.91 Å². The van der Waals surface area contributed by atoms with Gasteiger partial charge in [-0.25, -0.2) is 0 Å². The van der Waals surface area contributed by atoms with E-state index in [4.69, 9.17) is 28.9 Å². The summed E-state index contributed by atoms with van der Waals surface area (Å²) in [4.78, 5) is 11.8. The molecule has 1 aromatic rings. The van der Waals surface area contributed by atoms with Gasteiger partial charge >= 0.3 is 0 Å². The third kappa shape index (κ3) is 5.93. The Kier molecular flexibility index (Phi) is 6.83. The Hall–Kier alpha value is -0.580. The molecule has 0 spiro atoms. The molecule has 0 aromatic heterocycles. The number of halogens is 2. The van der Waals surface area contributed by atoms with Gasteiger partial charge in [0.1, 0.15) is 0 Å². The Morgan fingerprint density at radius 1 is 1.42 bits per heavy atom. The van der Waals surface area contributed by atoms with Gasteiger partial charge in [-0.1, -0.05) is 37.0 Å². The second-order valence-electron chi connectivity index (χ2n) is 4.64. The van der Waals surface area contributed by atoms with Crippen LogP contribution in [0.3, 0.4) is 0 Å². The van der Waals surface area contributed by atoms with E-state index >= 15 is 0 Å². The molecule has 3 N–H and O–H groups in total. The summed E-state index contributed by atoms with van der Waals surface area (Å²) in [5.74, 6) is 1.90. The minimum atomic E-state index is -0.107. The molecule has 1 amide bonds. The summed E-state index contributed by atoms with van der Waals surface area (Å²) in [6, 6.07) is 3.12. The van der Waals surface area contributed by atoms with E-state index in [2.05, 4.69) is 19.2 Å². The predicted octanol–water partition coefficient (Wildman–Crippen LogP) is 4.29. The van der Waals surface area contributed by atoms with Crippen molar-refractivity contribution in [2.45, 2.75) is 20.3 Å². The molecule has 106 valence electrons. The third-order valence-electron chi connectivity index (χ3n) is 2.42. The van der Waals surface area contributed by atoms with Crippen molar-refractivity contribution in [1.29, 1.82) is 0 Å². The first-order valence-corrected chi connectivity index (χ1v) is 7.93. The fraction of sp³-hybridized carbons (Fsp3) is 0.462. The van der Waals surface area contributed by atoms with Crippen LogP contribution in [0.2, 0.25) is 10.0 Å². The van der Waals surface area contributed by atoms with Crippen LogP contribution in [-0.2, 0) is 4.79 Å². The molecule has 6 heteroatoms. The lowest BCUT2D eigenvalue weighted by atomic mass is 10.2. The Bertz CT molecular complexity index is 429. The van der Waals surface area contributed by atoms with Crippen LogP contribution in [0.25, 0.3) is 0 Å². The number of carbonyl (C=O) groups excluding carboxylic acids is 1. The van der Waals surface area contributed by atoms with Crippen LogP contribution in [0, 0.1) is 5.92 Å². The van der Waals surface area contributed by atoms with Crippen molar-refractivity contribution in [1.82, 2.24) is 0 Å². The summed E-state index contributed by atoms with van der Waals surface area (Å²) < 4.78 is 0. The number of anilines is 2. The number of hydrogen-bond acceptors (Lipinski definition) is 3. The van der Waals surface area contributed by atoms with Crippen molar-refractivity contribution < 1.29 is 4.79 Å². The Morgan fingerprint density at radius 3 is 2.68 bits per heavy atom. The van der Waals surface area contributed by atoms with Crippen molar-refractivity contribution in [3.63, 3.8) is 0 Å². The highest BCUT2D eigenvalue weighted by Crippen LogP contribution is 2.32. The molecule has 0 unspecified atom stereocenters. The van der Waals surface area contributed by atoms with Gasteiger partial charge in [-0.2, -0.15) is 11.8 Å². The topological polar surface area (TPSA) is 55.1 Å². The van der Waals surface area contributed by atoms with Gasteiger partial charge < -0.3 is 11.1 Å². The van der Waals surface area contributed by atoms with Crippen molar-refractivity contribution in [2.75, 3.05) is 22.6 Å². The smallest absolute Gasteiger partial charge is 0.234 e. The molecule has 0 saturated carbocycles. The SMILES string of the molecule is CC(C)CCSCC(=O)Nc1c(N)cc(Cl)cc1Cl. The highest BCUT2D eigenvalue weighted by Gasteiger charge is 2.10. The van der Waals surface area contributed by atoms with Gasteiger partial charge in [-0.05, 0) is 30.2 Å². The van der Waals surface area contributed by atoms with Crippen LogP contribution >= 0.6 is 35.0 Å². The highest BCUT2D eigenvalue weighted by atomic mass is 35.5. The van der Waals surface area contributed by atoms with Crippen LogP contribution in [0.4, 0.5) is 11.4 Å². The standard InChI is InChI=1S/C13H18Cl2N2OS/c1-8(2)3-4-19-7-12(18)17-13-10(15)5-9(14)6-11(13)16/h5-6,8H,3-4,7,16H2,1-2H3,(H,17,18). The van der Waals surface area contributed by atoms with Gasteiger partial charge in [-0.15, -0.1) is 0 Å². The number of nitrogen functional groups attached to an aromatic ring is 1. The van der Waals surface area contributed by atoms with Gasteiger partial charge in [0, 0.05) is 5.02 Å². The first-order chi connectivity index (χ1) is 8.90. The van der Waals surface area contributed by atoms with Crippen molar-refractivity contribution in [3.05, 3.63) is 22.2 Å². The van der Waals surface area contributed by atoms with Gasteiger partial charge in [0.15, 0.2) is 0 Å². The maximum Gasteiger partial charge on any atom is 0.234 e. The van der Waals surface area contributed by atoms with Crippen LogP contribution in [0.5, 0.6) is 0 Å². The number of nitrogens with one attached hydrogen (secondary N) is 1. The molecule has 3 nitrogen and oxygen atoms in total. The number of rotatable bonds is 6. The van der Waals surface area contributed by atoms with Crippen molar-refractivity contribution in [3.8, 4) is 0 Å². The molecule has 0 bridgehead atoms. The molecule has 19 heavy (non-hydrogen) atoms. The second-order valence-corrected chi connectivity index (χ2v) is 6.58. The van der Waals surface area contributed by atoms with E-state index < -0.39 is 0 Å². The maximum atomic E-state index is 11.8. The molecule has 0 radical (unpaired) electrons. The van der Waals surface area contributed by atoms with Crippen molar-refractivity contribution >= 4 is 52.2 Å². The van der Waals surface area contributed by atoms with E-state index in [0.29, 0.717) is 33.1 Å². The summed E-state index contributed by atoms with van der Waals surface area (Å²) in [5.41, 5.74) is 6.58. The summed E-state index contributed by atoms with van der Waals surface area (Å²) in [6.07, 6.45) is 1.10. The molecule has 1 rings (SSSR count). The third-order valence-corrected chi connectivity index (χ3v) is 3.93. The van der Waals surface area contributed by atoms with Crippen molar-refractivity contribution in [2.24, 2.45) is 5.92 Å². The Morgan fingerprint density at radius 2 is 2.11 bits per heavy atom. The van der Waals surface area contributed by atoms with Gasteiger partial charge in [0.05, 0.1) is 22.2 Å². The Labute approximate surface area is 128 Å². The number of benzene rings is 1. The van der Waals surface area contributed by atoms with Gasteiger partial charge in [0.2, 0.25) is 5.91 Å². The van der Waals surface area contributed by atoms with Crippen LogP contribution < -0.4 is 11.1 Å². The van der Waals surface area contributed by atoms with E-state index in [1.165, 1.54) is 0 Å².